The maximum atomic E-state index is 9.99. The lowest BCUT2D eigenvalue weighted by atomic mass is 10.0. The lowest BCUT2D eigenvalue weighted by molar-refractivity contribution is 0.476. The number of phenolic OH excluding ortho intramolecular Hbond substituents is 1. The van der Waals surface area contributed by atoms with E-state index in [1.54, 1.807) is 0 Å². The fourth-order valence-electron chi connectivity index (χ4n) is 1.94. The van der Waals surface area contributed by atoms with Gasteiger partial charge in [-0.15, -0.1) is 0 Å². The van der Waals surface area contributed by atoms with E-state index in [4.69, 9.17) is 0 Å². The maximum absolute atomic E-state index is 9.99. The molecule has 2 N–H and O–H groups in total. The molecule has 0 aliphatic heterocycles. The van der Waals surface area contributed by atoms with Gasteiger partial charge in [-0.25, -0.2) is 4.98 Å². The Labute approximate surface area is 95.1 Å². The SMILES string of the molecule is CNCc1ccc2c(C)cc(C)c(O)c2n1. The summed E-state index contributed by atoms with van der Waals surface area (Å²) in [6, 6.07) is 5.99. The van der Waals surface area contributed by atoms with Gasteiger partial charge in [-0.1, -0.05) is 12.1 Å². The minimum absolute atomic E-state index is 0.290. The first kappa shape index (κ1) is 10.9. The van der Waals surface area contributed by atoms with Gasteiger partial charge in [0.1, 0.15) is 11.3 Å². The standard InChI is InChI=1S/C13H16N2O/c1-8-6-9(2)13(16)12-11(8)5-4-10(15-12)7-14-3/h4-6,14,16H,7H2,1-3H3. The molecule has 84 valence electrons. The van der Waals surface area contributed by atoms with Gasteiger partial charge in [0.05, 0.1) is 5.69 Å². The number of aromatic hydroxyl groups is 1. The van der Waals surface area contributed by atoms with Crippen molar-refractivity contribution in [3.05, 3.63) is 35.0 Å². The second kappa shape index (κ2) is 4.10. The molecule has 0 saturated heterocycles. The zero-order valence-electron chi connectivity index (χ0n) is 9.83. The number of aromatic nitrogens is 1. The molecule has 0 aliphatic rings. The van der Waals surface area contributed by atoms with Crippen LogP contribution in [0.2, 0.25) is 0 Å². The summed E-state index contributed by atoms with van der Waals surface area (Å²) in [5.41, 5.74) is 3.66. The molecule has 0 atom stereocenters. The molecule has 16 heavy (non-hydrogen) atoms. The third-order valence-corrected chi connectivity index (χ3v) is 2.77. The third-order valence-electron chi connectivity index (χ3n) is 2.77. The lowest BCUT2D eigenvalue weighted by Crippen LogP contribution is -2.06. The minimum Gasteiger partial charge on any atom is -0.505 e. The molecule has 0 spiro atoms. The second-order valence-electron chi connectivity index (χ2n) is 4.09. The highest BCUT2D eigenvalue weighted by Gasteiger charge is 2.08. The van der Waals surface area contributed by atoms with Crippen molar-refractivity contribution in [3.8, 4) is 5.75 Å². The van der Waals surface area contributed by atoms with Gasteiger partial charge in [0.15, 0.2) is 0 Å². The van der Waals surface area contributed by atoms with Crippen molar-refractivity contribution in [1.82, 2.24) is 10.3 Å². The highest BCUT2D eigenvalue weighted by molar-refractivity contribution is 5.88. The van der Waals surface area contributed by atoms with Gasteiger partial charge in [-0.3, -0.25) is 0 Å². The van der Waals surface area contributed by atoms with Gasteiger partial charge in [0.2, 0.25) is 0 Å². The van der Waals surface area contributed by atoms with Crippen LogP contribution in [-0.2, 0) is 6.54 Å². The number of rotatable bonds is 2. The van der Waals surface area contributed by atoms with Crippen molar-refractivity contribution in [2.24, 2.45) is 0 Å². The Bertz CT molecular complexity index is 535. The summed E-state index contributed by atoms with van der Waals surface area (Å²) in [6.45, 7) is 4.64. The van der Waals surface area contributed by atoms with Crippen LogP contribution in [0.25, 0.3) is 10.9 Å². The van der Waals surface area contributed by atoms with E-state index in [-0.39, 0.29) is 0 Å². The number of nitrogens with zero attached hydrogens (tertiary/aromatic N) is 1. The van der Waals surface area contributed by atoms with Crippen molar-refractivity contribution in [3.63, 3.8) is 0 Å². The molecule has 2 aromatic rings. The fraction of sp³-hybridized carbons (Fsp3) is 0.308. The molecular weight excluding hydrogens is 200 g/mol. The van der Waals surface area contributed by atoms with E-state index in [1.807, 2.05) is 39.1 Å². The molecule has 0 fully saturated rings. The van der Waals surface area contributed by atoms with E-state index >= 15 is 0 Å². The largest absolute Gasteiger partial charge is 0.505 e. The van der Waals surface area contributed by atoms with Crippen LogP contribution in [-0.4, -0.2) is 17.1 Å². The first-order valence-corrected chi connectivity index (χ1v) is 5.37. The predicted molar refractivity (Wildman–Crippen MR) is 65.6 cm³/mol. The van der Waals surface area contributed by atoms with Crippen LogP contribution in [0.4, 0.5) is 0 Å². The second-order valence-corrected chi connectivity index (χ2v) is 4.09. The summed E-state index contributed by atoms with van der Waals surface area (Å²) in [4.78, 5) is 4.47. The van der Waals surface area contributed by atoms with Gasteiger partial charge < -0.3 is 10.4 Å². The number of pyridine rings is 1. The van der Waals surface area contributed by atoms with Crippen molar-refractivity contribution in [1.29, 1.82) is 0 Å². The normalized spacial score (nSPS) is 10.9. The number of hydrogen-bond acceptors (Lipinski definition) is 3. The Kier molecular flexibility index (Phi) is 2.79. The molecule has 0 saturated carbocycles. The molecule has 3 heteroatoms. The van der Waals surface area contributed by atoms with E-state index < -0.39 is 0 Å². The average Bonchev–Trinajstić information content (AvgIpc) is 2.26. The topological polar surface area (TPSA) is 45.1 Å². The van der Waals surface area contributed by atoms with Crippen LogP contribution in [0.5, 0.6) is 5.75 Å². The first-order chi connectivity index (χ1) is 7.63. The predicted octanol–water partition coefficient (Wildman–Crippen LogP) is 2.28. The highest BCUT2D eigenvalue weighted by atomic mass is 16.3. The number of hydrogen-bond donors (Lipinski definition) is 2. The van der Waals surface area contributed by atoms with E-state index in [2.05, 4.69) is 10.3 Å². The van der Waals surface area contributed by atoms with Gasteiger partial charge in [0, 0.05) is 11.9 Å². The number of benzene rings is 1. The van der Waals surface area contributed by atoms with Crippen LogP contribution >= 0.6 is 0 Å². The van der Waals surface area contributed by atoms with Gasteiger partial charge >= 0.3 is 0 Å². The van der Waals surface area contributed by atoms with Crippen LogP contribution < -0.4 is 5.32 Å². The van der Waals surface area contributed by atoms with Gasteiger partial charge in [-0.05, 0) is 38.1 Å². The number of fused-ring (bicyclic) bond motifs is 1. The molecular formula is C13H16N2O. The number of aryl methyl sites for hydroxylation is 2. The van der Waals surface area contributed by atoms with Crippen molar-refractivity contribution in [2.45, 2.75) is 20.4 Å². The van der Waals surface area contributed by atoms with E-state index in [9.17, 15) is 5.11 Å². The Morgan fingerprint density at radius 3 is 2.69 bits per heavy atom. The molecule has 0 bridgehead atoms. The Balaban J connectivity index is 2.71. The van der Waals surface area contributed by atoms with Gasteiger partial charge in [0.25, 0.3) is 0 Å². The fourth-order valence-corrected chi connectivity index (χ4v) is 1.94. The van der Waals surface area contributed by atoms with Crippen LogP contribution in [0.3, 0.4) is 0 Å². The minimum atomic E-state index is 0.290. The van der Waals surface area contributed by atoms with Crippen LogP contribution in [0, 0.1) is 13.8 Å². The van der Waals surface area contributed by atoms with Crippen LogP contribution in [0.15, 0.2) is 18.2 Å². The first-order valence-electron chi connectivity index (χ1n) is 5.37. The van der Waals surface area contributed by atoms with E-state index in [1.165, 1.54) is 0 Å². The lowest BCUT2D eigenvalue weighted by Gasteiger charge is -2.08. The maximum Gasteiger partial charge on any atom is 0.144 e. The Hall–Kier alpha value is -1.61. The van der Waals surface area contributed by atoms with Crippen molar-refractivity contribution < 1.29 is 5.11 Å². The summed E-state index contributed by atoms with van der Waals surface area (Å²) >= 11 is 0. The molecule has 0 unspecified atom stereocenters. The summed E-state index contributed by atoms with van der Waals surface area (Å²) < 4.78 is 0. The monoisotopic (exact) mass is 216 g/mol. The van der Waals surface area contributed by atoms with Crippen molar-refractivity contribution in [2.75, 3.05) is 7.05 Å². The molecule has 3 nitrogen and oxygen atoms in total. The molecule has 0 radical (unpaired) electrons. The molecule has 0 amide bonds. The quantitative estimate of drug-likeness (QED) is 0.809. The van der Waals surface area contributed by atoms with Crippen molar-refractivity contribution >= 4 is 10.9 Å². The Morgan fingerprint density at radius 1 is 1.25 bits per heavy atom. The van der Waals surface area contributed by atoms with E-state index in [0.29, 0.717) is 17.8 Å². The molecule has 1 heterocycles. The Morgan fingerprint density at radius 2 is 2.00 bits per heavy atom. The molecule has 2 rings (SSSR count). The zero-order chi connectivity index (χ0) is 11.7. The van der Waals surface area contributed by atoms with Gasteiger partial charge in [-0.2, -0.15) is 0 Å². The van der Waals surface area contributed by atoms with Crippen LogP contribution in [0.1, 0.15) is 16.8 Å². The number of phenols is 1. The highest BCUT2D eigenvalue weighted by Crippen LogP contribution is 2.29. The third kappa shape index (κ3) is 1.74. The smallest absolute Gasteiger partial charge is 0.144 e. The zero-order valence-corrected chi connectivity index (χ0v) is 9.83. The average molecular weight is 216 g/mol. The summed E-state index contributed by atoms with van der Waals surface area (Å²) in [6.07, 6.45) is 0. The van der Waals surface area contributed by atoms with E-state index in [0.717, 1.165) is 22.2 Å². The molecule has 1 aromatic heterocycles. The summed E-state index contributed by atoms with van der Waals surface area (Å²) in [5.74, 6) is 0.290. The summed E-state index contributed by atoms with van der Waals surface area (Å²) in [7, 11) is 1.88. The summed E-state index contributed by atoms with van der Waals surface area (Å²) in [5, 5.41) is 14.1. The molecule has 0 aliphatic carbocycles. The molecule has 1 aromatic carbocycles. The number of nitrogens with one attached hydrogen (secondary N) is 1.